The topological polar surface area (TPSA) is 124 Å². The number of nitrogens with two attached hydrogens (primary N) is 1. The lowest BCUT2D eigenvalue weighted by molar-refractivity contribution is -0.384. The van der Waals surface area contributed by atoms with Gasteiger partial charge < -0.3 is 5.73 Å². The number of hydrogen-bond acceptors (Lipinski definition) is 5. The zero-order chi connectivity index (χ0) is 27.2. The number of carbonyl (C=O) groups excluding carboxylic acids is 1. The van der Waals surface area contributed by atoms with E-state index in [0.29, 0.717) is 5.56 Å². The van der Waals surface area contributed by atoms with Crippen LogP contribution < -0.4 is 5.73 Å². The van der Waals surface area contributed by atoms with Crippen LogP contribution in [0, 0.1) is 22.0 Å². The largest absolute Gasteiger partial charge is 0.416 e. The Morgan fingerprint density at radius 3 is 2.11 bits per heavy atom. The second-order valence-corrected chi connectivity index (χ2v) is 9.68. The Hall–Kier alpha value is -4.21. The molecule has 3 rings (SSSR count). The molecule has 0 spiro atoms. The molecule has 0 bridgehead atoms. The number of nitro benzene ring substituents is 1. The Labute approximate surface area is 210 Å². The quantitative estimate of drug-likeness (QED) is 0.269. The summed E-state index contributed by atoms with van der Waals surface area (Å²) in [6, 6.07) is 15.2. The van der Waals surface area contributed by atoms with Crippen LogP contribution in [0.2, 0.25) is 0 Å². The van der Waals surface area contributed by atoms with Crippen molar-refractivity contribution in [2.75, 3.05) is 6.54 Å². The van der Waals surface area contributed by atoms with E-state index >= 15 is 0 Å². The molecule has 37 heavy (non-hydrogen) atoms. The number of sulfonamides is 1. The average molecular weight is 532 g/mol. The van der Waals surface area contributed by atoms with Gasteiger partial charge in [-0.05, 0) is 48.4 Å². The molecule has 0 saturated carbocycles. The van der Waals surface area contributed by atoms with Crippen molar-refractivity contribution in [1.29, 1.82) is 0 Å². The average Bonchev–Trinajstić information content (AvgIpc) is 2.85. The zero-order valence-corrected chi connectivity index (χ0v) is 19.9. The van der Waals surface area contributed by atoms with Gasteiger partial charge in [-0.1, -0.05) is 42.2 Å². The smallest absolute Gasteiger partial charge is 0.368 e. The van der Waals surface area contributed by atoms with Crippen LogP contribution in [0.4, 0.5) is 18.9 Å². The van der Waals surface area contributed by atoms with Crippen molar-refractivity contribution in [2.45, 2.75) is 23.5 Å². The second kappa shape index (κ2) is 11.2. The fourth-order valence-electron chi connectivity index (χ4n) is 3.38. The molecule has 192 valence electrons. The monoisotopic (exact) mass is 531 g/mol. The fourth-order valence-corrected chi connectivity index (χ4v) is 4.88. The van der Waals surface area contributed by atoms with Crippen LogP contribution in [0.25, 0.3) is 0 Å². The zero-order valence-electron chi connectivity index (χ0n) is 19.1. The number of primary amides is 1. The Kier molecular flexibility index (Phi) is 8.31. The molecule has 0 aliphatic rings. The van der Waals surface area contributed by atoms with Crippen molar-refractivity contribution in [2.24, 2.45) is 5.73 Å². The summed E-state index contributed by atoms with van der Waals surface area (Å²) in [5.41, 5.74) is 5.19. The first-order valence-corrected chi connectivity index (χ1v) is 12.1. The van der Waals surface area contributed by atoms with Gasteiger partial charge in [0.2, 0.25) is 15.9 Å². The molecular weight excluding hydrogens is 511 g/mol. The minimum absolute atomic E-state index is 0.0790. The standard InChI is InChI=1S/C25H20F3N3O5S/c26-25(27,28)20-10-8-18(9-11-20)7-4-16-30(23(24(29)32)17-19-5-2-1-3-6-19)37(35,36)22-14-12-21(13-15-22)31(33)34/h1-3,5-6,8-15,23H,16-17H2,(H2,29,32)/t23-/m0/s1. The molecular formula is C25H20F3N3O5S. The van der Waals surface area contributed by atoms with Gasteiger partial charge in [-0.25, -0.2) is 8.42 Å². The molecule has 3 aromatic rings. The fraction of sp³-hybridized carbons (Fsp3) is 0.160. The molecule has 3 aromatic carbocycles. The molecule has 0 radical (unpaired) electrons. The van der Waals surface area contributed by atoms with Gasteiger partial charge in [0.05, 0.1) is 21.9 Å². The van der Waals surface area contributed by atoms with E-state index in [9.17, 15) is 36.5 Å². The summed E-state index contributed by atoms with van der Waals surface area (Å²) >= 11 is 0. The van der Waals surface area contributed by atoms with Crippen molar-refractivity contribution in [3.8, 4) is 11.8 Å². The van der Waals surface area contributed by atoms with Crippen LogP contribution in [0.1, 0.15) is 16.7 Å². The number of rotatable bonds is 8. The number of nitro groups is 1. The van der Waals surface area contributed by atoms with E-state index in [1.165, 1.54) is 0 Å². The molecule has 0 saturated heterocycles. The summed E-state index contributed by atoms with van der Waals surface area (Å²) in [5.74, 6) is 4.23. The van der Waals surface area contributed by atoms with Gasteiger partial charge in [0, 0.05) is 17.7 Å². The Morgan fingerprint density at radius 2 is 1.59 bits per heavy atom. The normalized spacial score (nSPS) is 12.4. The third-order valence-corrected chi connectivity index (χ3v) is 7.15. The highest BCUT2D eigenvalue weighted by atomic mass is 32.2. The van der Waals surface area contributed by atoms with Crippen molar-refractivity contribution in [3.05, 3.63) is 106 Å². The summed E-state index contributed by atoms with van der Waals surface area (Å²) in [5, 5.41) is 11.0. The number of non-ortho nitro benzene ring substituents is 1. The maximum Gasteiger partial charge on any atom is 0.416 e. The highest BCUT2D eigenvalue weighted by Gasteiger charge is 2.35. The van der Waals surface area contributed by atoms with Crippen LogP contribution in [0.3, 0.4) is 0 Å². The molecule has 2 N–H and O–H groups in total. The van der Waals surface area contributed by atoms with Crippen LogP contribution >= 0.6 is 0 Å². The minimum Gasteiger partial charge on any atom is -0.368 e. The first kappa shape index (κ1) is 27.4. The third kappa shape index (κ3) is 6.93. The van der Waals surface area contributed by atoms with E-state index < -0.39 is 45.2 Å². The number of alkyl halides is 3. The molecule has 0 aromatic heterocycles. The predicted molar refractivity (Wildman–Crippen MR) is 128 cm³/mol. The molecule has 0 unspecified atom stereocenters. The predicted octanol–water partition coefficient (Wildman–Crippen LogP) is 3.75. The van der Waals surface area contributed by atoms with Crippen LogP contribution in [-0.4, -0.2) is 36.1 Å². The summed E-state index contributed by atoms with van der Waals surface area (Å²) in [4.78, 5) is 22.3. The molecule has 0 aliphatic carbocycles. The summed E-state index contributed by atoms with van der Waals surface area (Å²) in [6.45, 7) is -0.527. The molecule has 12 heteroatoms. The van der Waals surface area contributed by atoms with Gasteiger partial charge in [-0.3, -0.25) is 14.9 Å². The van der Waals surface area contributed by atoms with Gasteiger partial charge in [0.15, 0.2) is 0 Å². The van der Waals surface area contributed by atoms with Crippen molar-refractivity contribution >= 4 is 21.6 Å². The van der Waals surface area contributed by atoms with E-state index in [1.54, 1.807) is 30.3 Å². The minimum atomic E-state index is -4.52. The van der Waals surface area contributed by atoms with Gasteiger partial charge in [-0.2, -0.15) is 17.5 Å². The number of carbonyl (C=O) groups is 1. The highest BCUT2D eigenvalue weighted by Crippen LogP contribution is 2.29. The summed E-state index contributed by atoms with van der Waals surface area (Å²) < 4.78 is 66.2. The van der Waals surface area contributed by atoms with Gasteiger partial charge >= 0.3 is 6.18 Å². The number of halogens is 3. The van der Waals surface area contributed by atoms with Crippen molar-refractivity contribution in [1.82, 2.24) is 4.31 Å². The molecule has 0 fully saturated rings. The summed E-state index contributed by atoms with van der Waals surface area (Å²) in [7, 11) is -4.43. The maximum atomic E-state index is 13.5. The lowest BCUT2D eigenvalue weighted by atomic mass is 10.1. The van der Waals surface area contributed by atoms with Crippen molar-refractivity contribution < 1.29 is 31.3 Å². The van der Waals surface area contributed by atoms with E-state index in [0.717, 1.165) is 52.8 Å². The summed E-state index contributed by atoms with van der Waals surface area (Å²) in [6.07, 6.45) is -4.60. The third-order valence-electron chi connectivity index (χ3n) is 5.28. The van der Waals surface area contributed by atoms with Crippen LogP contribution in [0.15, 0.2) is 83.8 Å². The molecule has 1 amide bonds. The first-order valence-electron chi connectivity index (χ1n) is 10.7. The molecule has 0 heterocycles. The Balaban J connectivity index is 1.99. The Morgan fingerprint density at radius 1 is 1.00 bits per heavy atom. The second-order valence-electron chi connectivity index (χ2n) is 7.79. The number of nitrogens with zero attached hydrogens (tertiary/aromatic N) is 2. The van der Waals surface area contributed by atoms with E-state index in [1.807, 2.05) is 0 Å². The number of hydrogen-bond donors (Lipinski definition) is 1. The van der Waals surface area contributed by atoms with Gasteiger partial charge in [0.25, 0.3) is 5.69 Å². The SMILES string of the molecule is NC(=O)[C@H](Cc1ccccc1)N(CC#Cc1ccc(C(F)(F)F)cc1)S(=O)(=O)c1ccc([N+](=O)[O-])cc1. The van der Waals surface area contributed by atoms with E-state index in [2.05, 4.69) is 11.8 Å². The van der Waals surface area contributed by atoms with Crippen molar-refractivity contribution in [3.63, 3.8) is 0 Å². The van der Waals surface area contributed by atoms with E-state index in [4.69, 9.17) is 5.73 Å². The van der Waals surface area contributed by atoms with Crippen LogP contribution in [-0.2, 0) is 27.4 Å². The molecule has 1 atom stereocenters. The highest BCUT2D eigenvalue weighted by molar-refractivity contribution is 7.89. The number of benzene rings is 3. The van der Waals surface area contributed by atoms with Gasteiger partial charge in [0.1, 0.15) is 6.04 Å². The Bertz CT molecular complexity index is 1430. The lowest BCUT2D eigenvalue weighted by Crippen LogP contribution is -2.49. The van der Waals surface area contributed by atoms with Gasteiger partial charge in [-0.15, -0.1) is 0 Å². The maximum absolute atomic E-state index is 13.5. The lowest BCUT2D eigenvalue weighted by Gasteiger charge is -2.27. The van der Waals surface area contributed by atoms with Crippen LogP contribution in [0.5, 0.6) is 0 Å². The number of amides is 1. The molecule has 0 aliphatic heterocycles. The molecule has 8 nitrogen and oxygen atoms in total. The van der Waals surface area contributed by atoms with E-state index in [-0.39, 0.29) is 22.6 Å². The first-order chi connectivity index (χ1) is 17.4.